The summed E-state index contributed by atoms with van der Waals surface area (Å²) in [5, 5.41) is 21.6. The summed E-state index contributed by atoms with van der Waals surface area (Å²) in [6.45, 7) is 7.13. The SMILES string of the molecule is CCNC(=NCC(C)(O)c1ccsc1)NCC1(c2ccc(OC)cc2)CCOCC1. The molecule has 0 saturated carbocycles. The predicted molar refractivity (Wildman–Crippen MR) is 123 cm³/mol. The van der Waals surface area contributed by atoms with Gasteiger partial charge in [0.1, 0.15) is 11.4 Å². The van der Waals surface area contributed by atoms with Crippen LogP contribution >= 0.6 is 11.3 Å². The van der Waals surface area contributed by atoms with Crippen molar-refractivity contribution in [1.82, 2.24) is 10.6 Å². The molecule has 1 aliphatic rings. The van der Waals surface area contributed by atoms with E-state index in [1.54, 1.807) is 25.4 Å². The van der Waals surface area contributed by atoms with Gasteiger partial charge in [0.25, 0.3) is 0 Å². The van der Waals surface area contributed by atoms with Crippen molar-refractivity contribution in [2.24, 2.45) is 4.99 Å². The number of methoxy groups -OCH3 is 1. The monoisotopic (exact) mass is 431 g/mol. The largest absolute Gasteiger partial charge is 0.497 e. The summed E-state index contributed by atoms with van der Waals surface area (Å²) in [6.07, 6.45) is 1.89. The normalized spacial score (nSPS) is 18.5. The number of ether oxygens (including phenoxy) is 2. The van der Waals surface area contributed by atoms with Crippen molar-refractivity contribution in [2.75, 3.05) is 40.0 Å². The molecule has 1 aromatic heterocycles. The van der Waals surface area contributed by atoms with Gasteiger partial charge in [-0.25, -0.2) is 4.99 Å². The summed E-state index contributed by atoms with van der Waals surface area (Å²) in [5.74, 6) is 1.58. The second-order valence-corrected chi connectivity index (χ2v) is 8.74. The third-order valence-corrected chi connectivity index (χ3v) is 6.46. The maximum Gasteiger partial charge on any atom is 0.191 e. The second kappa shape index (κ2) is 10.3. The van der Waals surface area contributed by atoms with Crippen molar-refractivity contribution in [3.8, 4) is 5.75 Å². The molecule has 7 heteroatoms. The van der Waals surface area contributed by atoms with Gasteiger partial charge >= 0.3 is 0 Å². The lowest BCUT2D eigenvalue weighted by Crippen LogP contribution is -2.48. The summed E-state index contributed by atoms with van der Waals surface area (Å²) in [7, 11) is 1.69. The Morgan fingerprint density at radius 1 is 1.23 bits per heavy atom. The molecule has 2 heterocycles. The van der Waals surface area contributed by atoms with Crippen LogP contribution in [0.2, 0.25) is 0 Å². The van der Waals surface area contributed by atoms with Crippen molar-refractivity contribution < 1.29 is 14.6 Å². The maximum absolute atomic E-state index is 10.8. The summed E-state index contributed by atoms with van der Waals surface area (Å²) in [4.78, 5) is 4.68. The molecule has 1 fully saturated rings. The Balaban J connectivity index is 1.74. The van der Waals surface area contributed by atoms with E-state index in [0.29, 0.717) is 5.96 Å². The third-order valence-electron chi connectivity index (χ3n) is 5.78. The van der Waals surface area contributed by atoms with E-state index < -0.39 is 5.60 Å². The van der Waals surface area contributed by atoms with Crippen LogP contribution in [-0.2, 0) is 15.8 Å². The standard InChI is InChI=1S/C23H33N3O3S/c1-4-24-21(25-16-22(2,27)19-9-14-30-15-19)26-17-23(10-12-29-13-11-23)18-5-7-20(28-3)8-6-18/h5-9,14-15,27H,4,10-13,16-17H2,1-3H3,(H2,24,25,26). The van der Waals surface area contributed by atoms with Crippen LogP contribution in [0.5, 0.6) is 5.75 Å². The highest BCUT2D eigenvalue weighted by Crippen LogP contribution is 2.35. The first-order chi connectivity index (χ1) is 14.5. The maximum atomic E-state index is 10.8. The first kappa shape index (κ1) is 22.6. The molecule has 0 aliphatic carbocycles. The van der Waals surface area contributed by atoms with Crippen LogP contribution in [0.3, 0.4) is 0 Å². The molecular weight excluding hydrogens is 398 g/mol. The highest BCUT2D eigenvalue weighted by Gasteiger charge is 2.35. The number of hydrogen-bond donors (Lipinski definition) is 3. The summed E-state index contributed by atoms with van der Waals surface area (Å²) >= 11 is 1.58. The van der Waals surface area contributed by atoms with Crippen molar-refractivity contribution in [1.29, 1.82) is 0 Å². The molecule has 6 nitrogen and oxygen atoms in total. The Hall–Kier alpha value is -2.09. The molecule has 1 atom stereocenters. The van der Waals surface area contributed by atoms with E-state index in [4.69, 9.17) is 9.47 Å². The van der Waals surface area contributed by atoms with E-state index in [-0.39, 0.29) is 12.0 Å². The van der Waals surface area contributed by atoms with Gasteiger partial charge in [0, 0.05) is 31.7 Å². The smallest absolute Gasteiger partial charge is 0.191 e. The molecule has 3 rings (SSSR count). The van der Waals surface area contributed by atoms with Gasteiger partial charge in [0.05, 0.1) is 13.7 Å². The van der Waals surface area contributed by atoms with Gasteiger partial charge in [-0.05, 0) is 66.8 Å². The third kappa shape index (κ3) is 5.53. The molecule has 1 aliphatic heterocycles. The molecule has 0 radical (unpaired) electrons. The minimum atomic E-state index is -0.991. The van der Waals surface area contributed by atoms with Crippen LogP contribution in [-0.4, -0.2) is 51.0 Å². The van der Waals surface area contributed by atoms with E-state index in [1.807, 2.05) is 35.9 Å². The predicted octanol–water partition coefficient (Wildman–Crippen LogP) is 3.27. The number of benzene rings is 1. The van der Waals surface area contributed by atoms with Crippen LogP contribution in [0.1, 0.15) is 37.8 Å². The van der Waals surface area contributed by atoms with E-state index in [1.165, 1.54) is 5.56 Å². The summed E-state index contributed by atoms with van der Waals surface area (Å²) in [6, 6.07) is 10.3. The van der Waals surface area contributed by atoms with Gasteiger partial charge in [-0.3, -0.25) is 0 Å². The van der Waals surface area contributed by atoms with Gasteiger partial charge in [-0.1, -0.05) is 12.1 Å². The Morgan fingerprint density at radius 2 is 1.97 bits per heavy atom. The Bertz CT molecular complexity index is 798. The molecule has 1 aromatic carbocycles. The van der Waals surface area contributed by atoms with E-state index in [9.17, 15) is 5.11 Å². The average molecular weight is 432 g/mol. The zero-order chi connectivity index (χ0) is 21.5. The van der Waals surface area contributed by atoms with Gasteiger partial charge in [-0.2, -0.15) is 11.3 Å². The number of nitrogens with one attached hydrogen (secondary N) is 2. The van der Waals surface area contributed by atoms with Crippen LogP contribution in [0.4, 0.5) is 0 Å². The van der Waals surface area contributed by atoms with Crippen molar-refractivity contribution in [2.45, 2.75) is 37.7 Å². The highest BCUT2D eigenvalue weighted by molar-refractivity contribution is 7.08. The van der Waals surface area contributed by atoms with Crippen LogP contribution in [0.15, 0.2) is 46.1 Å². The van der Waals surface area contributed by atoms with Crippen LogP contribution < -0.4 is 15.4 Å². The summed E-state index contributed by atoms with van der Waals surface area (Å²) in [5.41, 5.74) is 1.15. The first-order valence-corrected chi connectivity index (χ1v) is 11.4. The molecule has 2 aromatic rings. The lowest BCUT2D eigenvalue weighted by atomic mass is 9.74. The number of thiophene rings is 1. The lowest BCUT2D eigenvalue weighted by Gasteiger charge is -2.38. The minimum Gasteiger partial charge on any atom is -0.497 e. The Morgan fingerprint density at radius 3 is 2.57 bits per heavy atom. The topological polar surface area (TPSA) is 75.1 Å². The van der Waals surface area contributed by atoms with Crippen molar-refractivity contribution in [3.05, 3.63) is 52.2 Å². The number of guanidine groups is 1. The van der Waals surface area contributed by atoms with Gasteiger partial charge in [0.2, 0.25) is 0 Å². The quantitative estimate of drug-likeness (QED) is 0.442. The van der Waals surface area contributed by atoms with Crippen molar-refractivity contribution in [3.63, 3.8) is 0 Å². The molecule has 30 heavy (non-hydrogen) atoms. The van der Waals surface area contributed by atoms with Crippen molar-refractivity contribution >= 4 is 17.3 Å². The summed E-state index contributed by atoms with van der Waals surface area (Å²) < 4.78 is 11.0. The van der Waals surface area contributed by atoms with Crippen LogP contribution in [0.25, 0.3) is 0 Å². The average Bonchev–Trinajstić information content (AvgIpc) is 3.32. The molecule has 164 valence electrons. The number of aliphatic hydroxyl groups is 1. The minimum absolute atomic E-state index is 0.0312. The first-order valence-electron chi connectivity index (χ1n) is 10.5. The number of aliphatic imine (C=N–C) groups is 1. The van der Waals surface area contributed by atoms with E-state index in [2.05, 4.69) is 27.8 Å². The molecule has 0 spiro atoms. The zero-order valence-electron chi connectivity index (χ0n) is 18.1. The zero-order valence-corrected chi connectivity index (χ0v) is 18.9. The molecule has 1 unspecified atom stereocenters. The number of rotatable bonds is 8. The van der Waals surface area contributed by atoms with Gasteiger partial charge in [0.15, 0.2) is 5.96 Å². The molecule has 0 bridgehead atoms. The second-order valence-electron chi connectivity index (χ2n) is 7.96. The Kier molecular flexibility index (Phi) is 7.75. The Labute approximate surface area is 183 Å². The van der Waals surface area contributed by atoms with Gasteiger partial charge < -0.3 is 25.2 Å². The van der Waals surface area contributed by atoms with Gasteiger partial charge in [-0.15, -0.1) is 0 Å². The molecule has 1 saturated heterocycles. The fraction of sp³-hybridized carbons (Fsp3) is 0.522. The highest BCUT2D eigenvalue weighted by atomic mass is 32.1. The molecule has 0 amide bonds. The fourth-order valence-corrected chi connectivity index (χ4v) is 4.55. The molecule has 3 N–H and O–H groups in total. The van der Waals surface area contributed by atoms with E-state index in [0.717, 1.165) is 50.5 Å². The van der Waals surface area contributed by atoms with Crippen LogP contribution in [0, 0.1) is 0 Å². The number of hydrogen-bond acceptors (Lipinski definition) is 5. The number of nitrogens with zero attached hydrogens (tertiary/aromatic N) is 1. The fourth-order valence-electron chi connectivity index (χ4n) is 3.76. The molecular formula is C23H33N3O3S. The van der Waals surface area contributed by atoms with E-state index >= 15 is 0 Å². The lowest BCUT2D eigenvalue weighted by molar-refractivity contribution is 0.0513.